The normalized spacial score (nSPS) is 33.0. The molecule has 1 aliphatic rings. The molecule has 0 amide bonds. The van der Waals surface area contributed by atoms with Crippen LogP contribution in [0.1, 0.15) is 32.6 Å². The molecule has 0 aromatic heterocycles. The molecule has 1 aliphatic carbocycles. The minimum Gasteiger partial charge on any atom is -0.385 e. The second kappa shape index (κ2) is 4.09. The highest BCUT2D eigenvalue weighted by molar-refractivity contribution is 6.22. The number of alkyl halides is 3. The van der Waals surface area contributed by atoms with E-state index in [4.69, 9.17) is 11.6 Å². The Hall–Kier alpha value is 0.110. The van der Waals surface area contributed by atoms with Crippen molar-refractivity contribution in [2.45, 2.75) is 44.1 Å². The van der Waals surface area contributed by atoms with Crippen molar-refractivity contribution in [3.05, 3.63) is 0 Å². The molecule has 13 heavy (non-hydrogen) atoms. The van der Waals surface area contributed by atoms with Crippen LogP contribution in [0.15, 0.2) is 0 Å². The molecule has 1 atom stereocenters. The SMILES string of the molecule is CC1CCC(C(O)C(F)(F)Cl)CC1. The van der Waals surface area contributed by atoms with E-state index in [9.17, 15) is 13.9 Å². The molecule has 0 spiro atoms. The second-order valence-electron chi connectivity index (χ2n) is 4.01. The summed E-state index contributed by atoms with van der Waals surface area (Å²) in [6, 6.07) is 0. The molecule has 1 unspecified atom stereocenters. The highest BCUT2D eigenvalue weighted by Crippen LogP contribution is 2.37. The first-order valence-corrected chi connectivity index (χ1v) is 5.04. The molecule has 0 aromatic carbocycles. The first-order valence-electron chi connectivity index (χ1n) is 4.66. The van der Waals surface area contributed by atoms with Crippen LogP contribution >= 0.6 is 11.6 Å². The lowest BCUT2D eigenvalue weighted by atomic mass is 9.80. The van der Waals surface area contributed by atoms with Gasteiger partial charge in [0.1, 0.15) is 6.10 Å². The predicted molar refractivity (Wildman–Crippen MR) is 47.9 cm³/mol. The monoisotopic (exact) mass is 212 g/mol. The zero-order valence-electron chi connectivity index (χ0n) is 7.64. The smallest absolute Gasteiger partial charge is 0.347 e. The van der Waals surface area contributed by atoms with Gasteiger partial charge in [0.05, 0.1) is 0 Å². The fourth-order valence-electron chi connectivity index (χ4n) is 1.87. The molecule has 1 nitrogen and oxygen atoms in total. The van der Waals surface area contributed by atoms with Gasteiger partial charge in [0, 0.05) is 0 Å². The summed E-state index contributed by atoms with van der Waals surface area (Å²) >= 11 is 4.77. The highest BCUT2D eigenvalue weighted by atomic mass is 35.5. The van der Waals surface area contributed by atoms with Crippen molar-refractivity contribution in [1.29, 1.82) is 0 Å². The first kappa shape index (κ1) is 11.2. The van der Waals surface area contributed by atoms with Crippen LogP contribution in [0.3, 0.4) is 0 Å². The molecule has 0 bridgehead atoms. The van der Waals surface area contributed by atoms with E-state index in [1.807, 2.05) is 0 Å². The molecule has 0 aromatic rings. The maximum atomic E-state index is 12.5. The molecule has 0 heterocycles. The minimum absolute atomic E-state index is 0.330. The molecule has 1 saturated carbocycles. The van der Waals surface area contributed by atoms with Gasteiger partial charge in [0.2, 0.25) is 0 Å². The summed E-state index contributed by atoms with van der Waals surface area (Å²) < 4.78 is 25.0. The fourth-order valence-corrected chi connectivity index (χ4v) is 2.05. The van der Waals surface area contributed by atoms with Crippen molar-refractivity contribution >= 4 is 11.6 Å². The Labute approximate surface area is 82.1 Å². The lowest BCUT2D eigenvalue weighted by Crippen LogP contribution is -2.36. The van der Waals surface area contributed by atoms with Gasteiger partial charge < -0.3 is 5.11 Å². The van der Waals surface area contributed by atoms with Crippen molar-refractivity contribution in [1.82, 2.24) is 0 Å². The largest absolute Gasteiger partial charge is 0.385 e. The zero-order valence-corrected chi connectivity index (χ0v) is 8.40. The van der Waals surface area contributed by atoms with E-state index in [0.29, 0.717) is 18.8 Å². The average Bonchev–Trinajstić information content (AvgIpc) is 2.03. The number of halogens is 3. The maximum absolute atomic E-state index is 12.5. The van der Waals surface area contributed by atoms with E-state index < -0.39 is 11.5 Å². The zero-order chi connectivity index (χ0) is 10.1. The molecule has 4 heteroatoms. The third kappa shape index (κ3) is 3.06. The second-order valence-corrected chi connectivity index (χ2v) is 4.51. The van der Waals surface area contributed by atoms with Crippen molar-refractivity contribution in [2.75, 3.05) is 0 Å². The third-order valence-corrected chi connectivity index (χ3v) is 3.07. The Bertz CT molecular complexity index is 161. The summed E-state index contributed by atoms with van der Waals surface area (Å²) in [6.45, 7) is 2.10. The Kier molecular flexibility index (Phi) is 3.52. The molecule has 0 saturated heterocycles. The number of hydrogen-bond donors (Lipinski definition) is 1. The molecule has 0 radical (unpaired) electrons. The summed E-state index contributed by atoms with van der Waals surface area (Å²) in [5.41, 5.74) is 0. The molecular weight excluding hydrogens is 198 g/mol. The predicted octanol–water partition coefficient (Wildman–Crippen LogP) is 3.01. The van der Waals surface area contributed by atoms with Crippen LogP contribution in [0, 0.1) is 11.8 Å². The summed E-state index contributed by atoms with van der Waals surface area (Å²) in [7, 11) is 0. The van der Waals surface area contributed by atoms with Crippen LogP contribution < -0.4 is 0 Å². The van der Waals surface area contributed by atoms with E-state index in [-0.39, 0.29) is 5.92 Å². The fraction of sp³-hybridized carbons (Fsp3) is 1.00. The van der Waals surface area contributed by atoms with Crippen LogP contribution in [0.2, 0.25) is 0 Å². The summed E-state index contributed by atoms with van der Waals surface area (Å²) in [5, 5.41) is 5.75. The average molecular weight is 213 g/mol. The van der Waals surface area contributed by atoms with E-state index >= 15 is 0 Å². The van der Waals surface area contributed by atoms with Gasteiger partial charge in [-0.2, -0.15) is 8.78 Å². The van der Waals surface area contributed by atoms with Crippen LogP contribution in [0.25, 0.3) is 0 Å². The standard InChI is InChI=1S/C9H15ClF2O/c1-6-2-4-7(5-3-6)8(13)9(10,11)12/h6-8,13H,2-5H2,1H3. The number of aliphatic hydroxyl groups excluding tert-OH is 1. The van der Waals surface area contributed by atoms with Gasteiger partial charge in [-0.3, -0.25) is 0 Å². The number of aliphatic hydroxyl groups is 1. The first-order chi connectivity index (χ1) is 5.91. The molecule has 1 rings (SSSR count). The van der Waals surface area contributed by atoms with E-state index in [2.05, 4.69) is 6.92 Å². The van der Waals surface area contributed by atoms with E-state index in [1.165, 1.54) is 0 Å². The lowest BCUT2D eigenvalue weighted by molar-refractivity contribution is -0.0799. The molecule has 78 valence electrons. The van der Waals surface area contributed by atoms with Crippen molar-refractivity contribution < 1.29 is 13.9 Å². The van der Waals surface area contributed by atoms with Crippen LogP contribution in [0.5, 0.6) is 0 Å². The van der Waals surface area contributed by atoms with Crippen molar-refractivity contribution in [3.63, 3.8) is 0 Å². The lowest BCUT2D eigenvalue weighted by Gasteiger charge is -2.31. The van der Waals surface area contributed by atoms with Gasteiger partial charge >= 0.3 is 5.38 Å². The topological polar surface area (TPSA) is 20.2 Å². The number of rotatable bonds is 2. The minimum atomic E-state index is -3.47. The van der Waals surface area contributed by atoms with E-state index in [0.717, 1.165) is 12.8 Å². The summed E-state index contributed by atoms with van der Waals surface area (Å²) in [6.07, 6.45) is 1.46. The Morgan fingerprint density at radius 1 is 1.31 bits per heavy atom. The van der Waals surface area contributed by atoms with E-state index in [1.54, 1.807) is 0 Å². The van der Waals surface area contributed by atoms with Gasteiger partial charge in [0.25, 0.3) is 0 Å². The van der Waals surface area contributed by atoms with Gasteiger partial charge in [-0.15, -0.1) is 0 Å². The Balaban J connectivity index is 2.45. The van der Waals surface area contributed by atoms with Crippen molar-refractivity contribution in [3.8, 4) is 0 Å². The van der Waals surface area contributed by atoms with Crippen LogP contribution in [0.4, 0.5) is 8.78 Å². The van der Waals surface area contributed by atoms with Gasteiger partial charge in [0.15, 0.2) is 0 Å². The highest BCUT2D eigenvalue weighted by Gasteiger charge is 2.41. The summed E-state index contributed by atoms with van der Waals surface area (Å²) in [4.78, 5) is 0. The molecule has 0 aliphatic heterocycles. The quantitative estimate of drug-likeness (QED) is 0.698. The Morgan fingerprint density at radius 2 is 1.77 bits per heavy atom. The van der Waals surface area contributed by atoms with Gasteiger partial charge in [-0.1, -0.05) is 19.8 Å². The van der Waals surface area contributed by atoms with Crippen LogP contribution in [-0.2, 0) is 0 Å². The molecule has 1 fully saturated rings. The number of hydrogen-bond acceptors (Lipinski definition) is 1. The molecular formula is C9H15ClF2O. The van der Waals surface area contributed by atoms with Gasteiger partial charge in [-0.05, 0) is 36.3 Å². The molecule has 1 N–H and O–H groups in total. The maximum Gasteiger partial charge on any atom is 0.347 e. The Morgan fingerprint density at radius 3 is 2.15 bits per heavy atom. The van der Waals surface area contributed by atoms with Crippen molar-refractivity contribution in [2.24, 2.45) is 11.8 Å². The summed E-state index contributed by atoms with van der Waals surface area (Å²) in [5.74, 6) is 0.260. The third-order valence-electron chi connectivity index (χ3n) is 2.84. The van der Waals surface area contributed by atoms with Gasteiger partial charge in [-0.25, -0.2) is 0 Å². The van der Waals surface area contributed by atoms with Crippen LogP contribution in [-0.4, -0.2) is 16.6 Å².